The van der Waals surface area contributed by atoms with Gasteiger partial charge in [0.2, 0.25) is 0 Å². The van der Waals surface area contributed by atoms with Crippen LogP contribution in [0.2, 0.25) is 0 Å². The van der Waals surface area contributed by atoms with Gasteiger partial charge in [-0.1, -0.05) is 110 Å². The van der Waals surface area contributed by atoms with E-state index >= 15 is 0 Å². The minimum atomic E-state index is -0.520. The summed E-state index contributed by atoms with van der Waals surface area (Å²) in [6.45, 7) is 15.3. The van der Waals surface area contributed by atoms with Crippen molar-refractivity contribution < 1.29 is 9.47 Å². The summed E-state index contributed by atoms with van der Waals surface area (Å²) >= 11 is 0. The summed E-state index contributed by atoms with van der Waals surface area (Å²) in [6, 6.07) is 39.8. The Kier molecular flexibility index (Phi) is 9.80. The molecule has 5 aromatic rings. The molecule has 2 heterocycles. The van der Waals surface area contributed by atoms with Crippen LogP contribution in [0.3, 0.4) is 0 Å². The molecule has 4 nitrogen and oxygen atoms in total. The molecule has 1 atom stereocenters. The summed E-state index contributed by atoms with van der Waals surface area (Å²) < 4.78 is 13.4. The topological polar surface area (TPSA) is 24.9 Å². The minimum absolute atomic E-state index is 0.498. The van der Waals surface area contributed by atoms with Crippen LogP contribution in [0.15, 0.2) is 135 Å². The molecule has 7 rings (SSSR count). The van der Waals surface area contributed by atoms with Crippen molar-refractivity contribution in [2.45, 2.75) is 64.5 Å². The van der Waals surface area contributed by atoms with Crippen molar-refractivity contribution in [2.24, 2.45) is 0 Å². The van der Waals surface area contributed by atoms with Crippen molar-refractivity contribution in [3.63, 3.8) is 0 Å². The van der Waals surface area contributed by atoms with Gasteiger partial charge >= 0.3 is 0 Å². The molecule has 5 aromatic carbocycles. The monoisotopic (exact) mass is 660 g/mol. The fourth-order valence-electron chi connectivity index (χ4n) is 7.81. The lowest BCUT2D eigenvalue weighted by molar-refractivity contribution is 0.283. The number of unbranched alkanes of at least 4 members (excludes halogenated alkanes) is 1. The lowest BCUT2D eigenvalue weighted by Crippen LogP contribution is -2.38. The molecule has 0 bridgehead atoms. The second-order valence-electron chi connectivity index (χ2n) is 13.7. The van der Waals surface area contributed by atoms with Gasteiger partial charge in [0.1, 0.15) is 11.5 Å². The zero-order valence-corrected chi connectivity index (χ0v) is 29.5. The molecule has 0 radical (unpaired) electrons. The van der Waals surface area contributed by atoms with E-state index in [-0.39, 0.29) is 0 Å². The lowest BCUT2D eigenvalue weighted by atomic mass is 9.67. The Balaban J connectivity index is 1.40. The van der Waals surface area contributed by atoms with Crippen LogP contribution in [0.1, 0.15) is 71.2 Å². The van der Waals surface area contributed by atoms with Gasteiger partial charge in [-0.15, -0.1) is 13.2 Å². The van der Waals surface area contributed by atoms with Crippen LogP contribution in [0.5, 0.6) is 11.5 Å². The van der Waals surface area contributed by atoms with Crippen molar-refractivity contribution >= 4 is 11.4 Å². The molecule has 254 valence electrons. The fraction of sp³-hybridized carbons (Fsp3) is 0.261. The molecule has 2 aliphatic heterocycles. The normalized spacial score (nSPS) is 14.8. The van der Waals surface area contributed by atoms with Crippen molar-refractivity contribution in [1.29, 1.82) is 0 Å². The Hall–Kier alpha value is -5.22. The summed E-state index contributed by atoms with van der Waals surface area (Å²) in [5.41, 5.74) is 11.7. The van der Waals surface area contributed by atoms with Gasteiger partial charge in [-0.05, 0) is 90.3 Å². The highest BCUT2D eigenvalue weighted by atomic mass is 16.5. The Morgan fingerprint density at radius 2 is 1.14 bits per heavy atom. The smallest absolute Gasteiger partial charge is 0.161 e. The van der Waals surface area contributed by atoms with Crippen molar-refractivity contribution in [2.75, 3.05) is 23.3 Å². The van der Waals surface area contributed by atoms with Gasteiger partial charge < -0.3 is 19.3 Å². The average Bonchev–Trinajstić information content (AvgIpc) is 3.17. The van der Waals surface area contributed by atoms with Crippen LogP contribution in [0, 0.1) is 0 Å². The predicted molar refractivity (Wildman–Crippen MR) is 208 cm³/mol. The van der Waals surface area contributed by atoms with Crippen molar-refractivity contribution in [3.05, 3.63) is 179 Å². The standard InChI is InChI=1S/C46H48N2O2/c1-5-8-17-34-22-26-39(27-23-34)48-31-41-43(29-25-36(16-7-3)45(41)50-33-48)46(4,37-18-11-9-12-19-37)42-28-24-35(15-6-2)44-40(42)30-47(32-49-44)38-20-13-10-14-21-38/h6-7,9-14,18-29H,2-3,5,8,15-17,30-33H2,1,4H3. The van der Waals surface area contributed by atoms with E-state index in [2.05, 4.69) is 146 Å². The number of benzene rings is 5. The van der Waals surface area contributed by atoms with E-state index in [1.807, 2.05) is 12.2 Å². The van der Waals surface area contributed by atoms with Crippen molar-refractivity contribution in [3.8, 4) is 11.5 Å². The van der Waals surface area contributed by atoms with Crippen molar-refractivity contribution in [1.82, 2.24) is 0 Å². The van der Waals surface area contributed by atoms with Crippen LogP contribution in [-0.2, 0) is 37.8 Å². The summed E-state index contributed by atoms with van der Waals surface area (Å²) in [5, 5.41) is 0. The third-order valence-electron chi connectivity index (χ3n) is 10.5. The first kappa shape index (κ1) is 33.3. The molecule has 0 fully saturated rings. The van der Waals surface area contributed by atoms with Crippen LogP contribution in [0.4, 0.5) is 11.4 Å². The van der Waals surface area contributed by atoms with Gasteiger partial charge in [-0.2, -0.15) is 0 Å². The fourth-order valence-corrected chi connectivity index (χ4v) is 7.81. The maximum absolute atomic E-state index is 6.75. The number of anilines is 2. The largest absolute Gasteiger partial charge is 0.472 e. The second-order valence-corrected chi connectivity index (χ2v) is 13.7. The van der Waals surface area contributed by atoms with Crippen LogP contribution >= 0.6 is 0 Å². The average molecular weight is 661 g/mol. The lowest BCUT2D eigenvalue weighted by Gasteiger charge is -2.41. The molecule has 0 spiro atoms. The highest BCUT2D eigenvalue weighted by molar-refractivity contribution is 5.65. The van der Waals surface area contributed by atoms with E-state index in [9.17, 15) is 0 Å². The number of para-hydroxylation sites is 1. The molecule has 0 N–H and O–H groups in total. The Bertz CT molecular complexity index is 1950. The summed E-state index contributed by atoms with van der Waals surface area (Å²) in [7, 11) is 0. The number of fused-ring (bicyclic) bond motifs is 2. The predicted octanol–water partition coefficient (Wildman–Crippen LogP) is 10.6. The van der Waals surface area contributed by atoms with Gasteiger partial charge in [-0.25, -0.2) is 0 Å². The summed E-state index contributed by atoms with van der Waals surface area (Å²) in [4.78, 5) is 4.69. The molecule has 0 saturated carbocycles. The Morgan fingerprint density at radius 1 is 0.640 bits per heavy atom. The number of allylic oxidation sites excluding steroid dienone is 2. The van der Waals surface area contributed by atoms with E-state index in [0.717, 1.165) is 49.5 Å². The highest BCUT2D eigenvalue weighted by Gasteiger charge is 2.40. The summed E-state index contributed by atoms with van der Waals surface area (Å²) in [5.74, 6) is 1.97. The number of hydrogen-bond donors (Lipinski definition) is 0. The van der Waals surface area contributed by atoms with E-state index in [0.29, 0.717) is 13.5 Å². The zero-order chi connectivity index (χ0) is 34.5. The minimum Gasteiger partial charge on any atom is -0.472 e. The molecule has 0 saturated heterocycles. The molecule has 0 aromatic heterocycles. The van der Waals surface area contributed by atoms with Crippen LogP contribution < -0.4 is 19.3 Å². The van der Waals surface area contributed by atoms with Gasteiger partial charge in [-0.3, -0.25) is 0 Å². The highest BCUT2D eigenvalue weighted by Crippen LogP contribution is 2.49. The molecule has 0 aliphatic carbocycles. The number of hydrogen-bond acceptors (Lipinski definition) is 4. The third-order valence-corrected chi connectivity index (χ3v) is 10.5. The second kappa shape index (κ2) is 14.7. The number of nitrogens with zero attached hydrogens (tertiary/aromatic N) is 2. The molecule has 4 heteroatoms. The molecule has 50 heavy (non-hydrogen) atoms. The maximum atomic E-state index is 6.75. The van der Waals surface area contributed by atoms with Gasteiger partial charge in [0.05, 0.1) is 13.1 Å². The number of aryl methyl sites for hydroxylation is 1. The maximum Gasteiger partial charge on any atom is 0.161 e. The quantitative estimate of drug-likeness (QED) is 0.0982. The number of rotatable bonds is 12. The molecular formula is C46H48N2O2. The van der Waals surface area contributed by atoms with Gasteiger partial charge in [0.15, 0.2) is 13.5 Å². The Labute approximate surface area is 298 Å². The zero-order valence-electron chi connectivity index (χ0n) is 29.5. The molecule has 0 amide bonds. The van der Waals surface area contributed by atoms with E-state index < -0.39 is 5.41 Å². The first-order chi connectivity index (χ1) is 24.5. The Morgan fingerprint density at radius 3 is 1.64 bits per heavy atom. The SMILES string of the molecule is C=CCc1ccc(C(C)(c2ccccc2)c2ccc(CC=C)c3c2CN(c2ccc(CCCC)cc2)CO3)c2c1OCN(c1ccccc1)C2. The molecule has 2 aliphatic rings. The first-order valence-corrected chi connectivity index (χ1v) is 18.0. The van der Waals surface area contributed by atoms with Crippen LogP contribution in [-0.4, -0.2) is 13.5 Å². The van der Waals surface area contributed by atoms with E-state index in [1.165, 1.54) is 63.0 Å². The molecule has 1 unspecified atom stereocenters. The van der Waals surface area contributed by atoms with Crippen LogP contribution in [0.25, 0.3) is 0 Å². The number of ether oxygens (including phenoxy) is 2. The molecular weight excluding hydrogens is 613 g/mol. The van der Waals surface area contributed by atoms with E-state index in [1.54, 1.807) is 0 Å². The third kappa shape index (κ3) is 6.31. The summed E-state index contributed by atoms with van der Waals surface area (Å²) in [6.07, 6.45) is 8.97. The van der Waals surface area contributed by atoms with Gasteiger partial charge in [0, 0.05) is 27.9 Å². The first-order valence-electron chi connectivity index (χ1n) is 18.0. The van der Waals surface area contributed by atoms with E-state index in [4.69, 9.17) is 9.47 Å². The van der Waals surface area contributed by atoms with Gasteiger partial charge in [0.25, 0.3) is 0 Å².